The molecular formula is C26H37N6OS+3. The molecule has 0 unspecified atom stereocenters. The van der Waals surface area contributed by atoms with Crippen molar-refractivity contribution in [2.45, 2.75) is 13.5 Å². The van der Waals surface area contributed by atoms with Crippen LogP contribution >= 0.6 is 11.3 Å². The number of aromatic nitrogens is 1. The molecule has 5 rings (SSSR count). The van der Waals surface area contributed by atoms with Gasteiger partial charge in [-0.3, -0.25) is 4.79 Å². The van der Waals surface area contributed by atoms with Gasteiger partial charge in [-0.25, -0.2) is 4.98 Å². The number of fused-ring (bicyclic) bond motifs is 1. The van der Waals surface area contributed by atoms with E-state index in [9.17, 15) is 4.79 Å². The van der Waals surface area contributed by atoms with Crippen LogP contribution in [-0.2, 0) is 11.3 Å². The average molecular weight is 482 g/mol. The predicted octanol–water partition coefficient (Wildman–Crippen LogP) is -1.06. The Bertz CT molecular complexity index is 1050. The highest BCUT2D eigenvalue weighted by Crippen LogP contribution is 2.21. The Morgan fingerprint density at radius 3 is 2.35 bits per heavy atom. The Hall–Kier alpha value is -2.52. The van der Waals surface area contributed by atoms with Crippen LogP contribution in [-0.4, -0.2) is 76.3 Å². The molecule has 0 radical (unpaired) electrons. The van der Waals surface area contributed by atoms with Crippen molar-refractivity contribution in [2.24, 2.45) is 0 Å². The van der Waals surface area contributed by atoms with Gasteiger partial charge in [0, 0.05) is 11.4 Å². The Labute approximate surface area is 206 Å². The standard InChI is InChI=1S/C26H34N6OS/c1-2-29-15-17-32(18-16-29)22-9-7-21(8-10-22)27-25(33)19-30-11-13-31(14-12-30)20-26-28-23-5-3-4-6-24(23)34-26/h3-10H,2,11-20H2,1H3,(H,27,33)/p+3. The largest absolute Gasteiger partial charge is 0.360 e. The number of benzene rings is 2. The molecule has 2 aromatic carbocycles. The first-order valence-electron chi connectivity index (χ1n) is 12.7. The van der Waals surface area contributed by atoms with Crippen LogP contribution in [0.15, 0.2) is 48.5 Å². The van der Waals surface area contributed by atoms with Gasteiger partial charge >= 0.3 is 0 Å². The van der Waals surface area contributed by atoms with E-state index in [0.29, 0.717) is 6.54 Å². The maximum absolute atomic E-state index is 12.6. The second-order valence-electron chi connectivity index (χ2n) is 9.61. The summed E-state index contributed by atoms with van der Waals surface area (Å²) in [5.74, 6) is 0.109. The van der Waals surface area contributed by atoms with Crippen LogP contribution < -0.4 is 24.9 Å². The molecule has 2 aliphatic rings. The van der Waals surface area contributed by atoms with Gasteiger partial charge in [0.25, 0.3) is 5.91 Å². The highest BCUT2D eigenvalue weighted by atomic mass is 32.1. The van der Waals surface area contributed by atoms with E-state index in [1.54, 1.807) is 9.80 Å². The molecule has 2 aliphatic heterocycles. The van der Waals surface area contributed by atoms with Crippen molar-refractivity contribution in [3.63, 3.8) is 0 Å². The van der Waals surface area contributed by atoms with Crippen molar-refractivity contribution in [1.29, 1.82) is 0 Å². The molecular weight excluding hydrogens is 444 g/mol. The highest BCUT2D eigenvalue weighted by molar-refractivity contribution is 7.18. The van der Waals surface area contributed by atoms with Gasteiger partial charge in [0.1, 0.15) is 37.7 Å². The van der Waals surface area contributed by atoms with Gasteiger partial charge in [0.15, 0.2) is 6.54 Å². The van der Waals surface area contributed by atoms with Gasteiger partial charge in [-0.15, -0.1) is 11.3 Å². The zero-order valence-corrected chi connectivity index (χ0v) is 20.9. The number of hydrogen-bond acceptors (Lipinski definition) is 4. The molecule has 2 saturated heterocycles. The molecule has 0 bridgehead atoms. The monoisotopic (exact) mass is 481 g/mol. The topological polar surface area (TPSA) is 58.5 Å². The molecule has 7 nitrogen and oxygen atoms in total. The van der Waals surface area contributed by atoms with Crippen LogP contribution in [0.25, 0.3) is 10.2 Å². The summed E-state index contributed by atoms with van der Waals surface area (Å²) in [7, 11) is 0. The van der Waals surface area contributed by atoms with Crippen LogP contribution in [0.3, 0.4) is 0 Å². The number of rotatable bonds is 7. The van der Waals surface area contributed by atoms with Crippen LogP contribution in [0.1, 0.15) is 11.9 Å². The number of para-hydroxylation sites is 1. The molecule has 3 aromatic rings. The third kappa shape index (κ3) is 5.75. The fourth-order valence-electron chi connectivity index (χ4n) is 5.14. The molecule has 0 saturated carbocycles. The van der Waals surface area contributed by atoms with Gasteiger partial charge in [0.2, 0.25) is 0 Å². The molecule has 1 amide bonds. The molecule has 4 N–H and O–H groups in total. The van der Waals surface area contributed by atoms with Crippen molar-refractivity contribution in [3.8, 4) is 0 Å². The average Bonchev–Trinajstić information content (AvgIpc) is 3.28. The van der Waals surface area contributed by atoms with E-state index in [-0.39, 0.29) is 5.91 Å². The summed E-state index contributed by atoms with van der Waals surface area (Å²) < 4.78 is 1.27. The fourth-order valence-corrected chi connectivity index (χ4v) is 6.18. The van der Waals surface area contributed by atoms with E-state index in [0.717, 1.165) is 57.0 Å². The van der Waals surface area contributed by atoms with Crippen LogP contribution in [0.2, 0.25) is 0 Å². The molecule has 1 aromatic heterocycles. The lowest BCUT2D eigenvalue weighted by atomic mass is 10.2. The Morgan fingerprint density at radius 1 is 0.941 bits per heavy atom. The summed E-state index contributed by atoms with van der Waals surface area (Å²) >= 11 is 1.81. The second kappa shape index (κ2) is 10.8. The quantitative estimate of drug-likeness (QED) is 0.348. The molecule has 0 spiro atoms. The molecule has 180 valence electrons. The maximum atomic E-state index is 12.6. The number of likely N-dealkylation sites (N-methyl/N-ethyl adjacent to an activating group) is 1. The molecule has 34 heavy (non-hydrogen) atoms. The van der Waals surface area contributed by atoms with Crippen LogP contribution in [0.4, 0.5) is 11.4 Å². The fraction of sp³-hybridized carbons (Fsp3) is 0.462. The first-order chi connectivity index (χ1) is 16.7. The zero-order chi connectivity index (χ0) is 23.3. The van der Waals surface area contributed by atoms with Gasteiger partial charge < -0.3 is 24.9 Å². The minimum Gasteiger partial charge on any atom is -0.360 e. The van der Waals surface area contributed by atoms with E-state index < -0.39 is 0 Å². The lowest BCUT2D eigenvalue weighted by molar-refractivity contribution is -1.01. The summed E-state index contributed by atoms with van der Waals surface area (Å²) in [4.78, 5) is 24.5. The SMILES string of the molecule is CC[NH+]1CCN(c2ccc(NC(=O)C[NH+]3CC[NH+](Cc4nc5ccccc5s4)CC3)cc2)CC1. The van der Waals surface area contributed by atoms with Crippen molar-refractivity contribution in [1.82, 2.24) is 4.98 Å². The van der Waals surface area contributed by atoms with Crippen molar-refractivity contribution in [3.05, 3.63) is 53.5 Å². The first-order valence-corrected chi connectivity index (χ1v) is 13.5. The number of nitrogens with zero attached hydrogens (tertiary/aromatic N) is 2. The predicted molar refractivity (Wildman–Crippen MR) is 138 cm³/mol. The summed E-state index contributed by atoms with van der Waals surface area (Å²) in [5.41, 5.74) is 3.26. The Kier molecular flexibility index (Phi) is 7.39. The number of piperazine rings is 2. The van der Waals surface area contributed by atoms with Crippen molar-refractivity contribution >= 4 is 38.8 Å². The van der Waals surface area contributed by atoms with E-state index >= 15 is 0 Å². The lowest BCUT2D eigenvalue weighted by Crippen LogP contribution is -3.28. The maximum Gasteiger partial charge on any atom is 0.279 e. The van der Waals surface area contributed by atoms with Gasteiger partial charge in [-0.1, -0.05) is 12.1 Å². The minimum atomic E-state index is 0.109. The van der Waals surface area contributed by atoms with Crippen molar-refractivity contribution in [2.75, 3.05) is 75.7 Å². The normalized spacial score (nSPS) is 21.6. The third-order valence-electron chi connectivity index (χ3n) is 7.30. The summed E-state index contributed by atoms with van der Waals surface area (Å²) in [5, 5.41) is 4.32. The Morgan fingerprint density at radius 2 is 1.65 bits per heavy atom. The molecule has 0 atom stereocenters. The van der Waals surface area contributed by atoms with Crippen LogP contribution in [0, 0.1) is 0 Å². The zero-order valence-electron chi connectivity index (χ0n) is 20.1. The number of amides is 1. The smallest absolute Gasteiger partial charge is 0.279 e. The van der Waals surface area contributed by atoms with E-state index in [4.69, 9.17) is 4.98 Å². The third-order valence-corrected chi connectivity index (χ3v) is 8.34. The van der Waals surface area contributed by atoms with Gasteiger partial charge in [-0.2, -0.15) is 0 Å². The number of quaternary nitrogens is 3. The van der Waals surface area contributed by atoms with E-state index in [2.05, 4.69) is 53.5 Å². The molecule has 8 heteroatoms. The highest BCUT2D eigenvalue weighted by Gasteiger charge is 2.26. The minimum absolute atomic E-state index is 0.109. The number of thiazole rings is 1. The second-order valence-corrected chi connectivity index (χ2v) is 10.7. The molecule has 2 fully saturated rings. The van der Waals surface area contributed by atoms with E-state index in [1.807, 2.05) is 23.5 Å². The first kappa shape index (κ1) is 23.2. The van der Waals surface area contributed by atoms with Gasteiger partial charge in [-0.05, 0) is 43.3 Å². The number of carbonyl (C=O) groups excluding carboxylic acids is 1. The summed E-state index contributed by atoms with van der Waals surface area (Å²) in [6, 6.07) is 16.7. The number of nitrogens with one attached hydrogen (secondary N) is 4. The number of hydrogen-bond donors (Lipinski definition) is 4. The Balaban J connectivity index is 1.05. The number of carbonyl (C=O) groups is 1. The summed E-state index contributed by atoms with van der Waals surface area (Å²) in [6.45, 7) is 13.8. The van der Waals surface area contributed by atoms with Crippen molar-refractivity contribution < 1.29 is 19.5 Å². The number of anilines is 2. The van der Waals surface area contributed by atoms with Crippen LogP contribution in [0.5, 0.6) is 0 Å². The van der Waals surface area contributed by atoms with E-state index in [1.165, 1.54) is 39.9 Å². The lowest BCUT2D eigenvalue weighted by Gasteiger charge is -2.33. The molecule has 3 heterocycles. The summed E-state index contributed by atoms with van der Waals surface area (Å²) in [6.07, 6.45) is 0. The van der Waals surface area contributed by atoms with Gasteiger partial charge in [0.05, 0.1) is 42.9 Å². The molecule has 0 aliphatic carbocycles.